The van der Waals surface area contributed by atoms with Gasteiger partial charge < -0.3 is 9.90 Å². The van der Waals surface area contributed by atoms with Gasteiger partial charge in [0.2, 0.25) is 0 Å². The Morgan fingerprint density at radius 1 is 0.630 bits per heavy atom. The maximum Gasteiger partial charge on any atom is 0.119 e. The largest absolute Gasteiger partial charge is 0.396 e. The highest BCUT2D eigenvalue weighted by Gasteiger charge is 1.88. The van der Waals surface area contributed by atoms with Gasteiger partial charge in [0.05, 0.1) is 0 Å². The Labute approximate surface area is 169 Å². The van der Waals surface area contributed by atoms with Crippen molar-refractivity contribution in [1.29, 1.82) is 0 Å². The lowest BCUT2D eigenvalue weighted by atomic mass is 10.1. The second-order valence-electron chi connectivity index (χ2n) is 6.61. The Morgan fingerprint density at radius 3 is 1.85 bits per heavy atom. The number of carbonyl (C=O) groups excluding carboxylic acids is 1. The van der Waals surface area contributed by atoms with E-state index in [1.807, 2.05) is 0 Å². The third kappa shape index (κ3) is 32.7. The van der Waals surface area contributed by atoms with Gasteiger partial charge in [-0.25, -0.2) is 0 Å². The minimum Gasteiger partial charge on any atom is -0.396 e. The molecule has 0 atom stereocenters. The highest BCUT2D eigenvalue weighted by atomic mass is 16.2. The molecule has 0 amide bonds. The first-order valence-corrected chi connectivity index (χ1v) is 11.0. The van der Waals surface area contributed by atoms with E-state index in [1.165, 1.54) is 44.9 Å². The molecule has 0 spiro atoms. The number of carbonyl (C=O) groups is 1. The lowest BCUT2D eigenvalue weighted by Gasteiger charge is -1.96. The predicted molar refractivity (Wildman–Crippen MR) is 121 cm³/mol. The molecule has 0 aliphatic rings. The van der Waals surface area contributed by atoms with Gasteiger partial charge in [0, 0.05) is 13.0 Å². The van der Waals surface area contributed by atoms with Crippen molar-refractivity contribution in [3.63, 3.8) is 0 Å². The second kappa shape index (κ2) is 29.4. The molecule has 0 heterocycles. The third-order valence-corrected chi connectivity index (χ3v) is 3.90. The summed E-state index contributed by atoms with van der Waals surface area (Å²) in [5.74, 6) is 0. The summed E-state index contributed by atoms with van der Waals surface area (Å²) in [5, 5.41) is 8.46. The minimum atomic E-state index is 0.301. The van der Waals surface area contributed by atoms with Crippen molar-refractivity contribution < 1.29 is 9.90 Å². The molecule has 0 saturated heterocycles. The van der Waals surface area contributed by atoms with Crippen LogP contribution in [0.15, 0.2) is 48.6 Å². The van der Waals surface area contributed by atoms with Crippen molar-refractivity contribution >= 4 is 6.29 Å². The Hall–Kier alpha value is -1.41. The maximum atomic E-state index is 10.1. The van der Waals surface area contributed by atoms with Crippen LogP contribution in [0.25, 0.3) is 0 Å². The summed E-state index contributed by atoms with van der Waals surface area (Å²) in [7, 11) is 0. The van der Waals surface area contributed by atoms with Crippen LogP contribution in [0.4, 0.5) is 0 Å². The fourth-order valence-corrected chi connectivity index (χ4v) is 2.30. The van der Waals surface area contributed by atoms with Crippen molar-refractivity contribution in [2.75, 3.05) is 6.61 Å². The summed E-state index contributed by atoms with van der Waals surface area (Å²) >= 11 is 0. The summed E-state index contributed by atoms with van der Waals surface area (Å²) in [6.07, 6.45) is 32.8. The highest BCUT2D eigenvalue weighted by Crippen LogP contribution is 2.06. The molecular formula is C25H44O2. The fourth-order valence-electron chi connectivity index (χ4n) is 2.30. The van der Waals surface area contributed by atoms with E-state index >= 15 is 0 Å². The van der Waals surface area contributed by atoms with Crippen LogP contribution in [-0.4, -0.2) is 18.0 Å². The number of allylic oxidation sites excluding steroid dienone is 8. The molecule has 0 aromatic heterocycles. The maximum absolute atomic E-state index is 10.1. The zero-order valence-electron chi connectivity index (χ0n) is 18.0. The molecule has 0 saturated carbocycles. The van der Waals surface area contributed by atoms with Crippen molar-refractivity contribution in [2.24, 2.45) is 0 Å². The third-order valence-electron chi connectivity index (χ3n) is 3.90. The van der Waals surface area contributed by atoms with Crippen LogP contribution >= 0.6 is 0 Å². The monoisotopic (exact) mass is 376 g/mol. The summed E-state index contributed by atoms with van der Waals surface area (Å²) in [6.45, 7) is 4.62. The number of hydrogen-bond donors (Lipinski definition) is 1. The molecular weight excluding hydrogens is 332 g/mol. The van der Waals surface area contributed by atoms with E-state index in [4.69, 9.17) is 5.11 Å². The van der Waals surface area contributed by atoms with Crippen molar-refractivity contribution in [3.05, 3.63) is 48.6 Å². The Kier molecular flexibility index (Phi) is 30.2. The molecule has 0 radical (unpaired) electrons. The smallest absolute Gasteiger partial charge is 0.119 e. The number of rotatable bonds is 17. The van der Waals surface area contributed by atoms with Gasteiger partial charge in [0.1, 0.15) is 6.29 Å². The molecule has 0 aliphatic heterocycles. The topological polar surface area (TPSA) is 37.3 Å². The SMILES string of the molecule is CC/C=C\C/C=C\CCCO.CCC/C=C\C=C\CCCCCCCC=O. The lowest BCUT2D eigenvalue weighted by Crippen LogP contribution is -1.79. The molecule has 0 aromatic rings. The van der Waals surface area contributed by atoms with Gasteiger partial charge in [-0.2, -0.15) is 0 Å². The van der Waals surface area contributed by atoms with Gasteiger partial charge in [-0.15, -0.1) is 0 Å². The molecule has 156 valence electrons. The molecule has 0 bridgehead atoms. The number of aliphatic hydroxyl groups excluding tert-OH is 1. The quantitative estimate of drug-likeness (QED) is 0.123. The van der Waals surface area contributed by atoms with Crippen LogP contribution in [0.1, 0.15) is 97.3 Å². The standard InChI is InChI=1S/C15H26O.C10H18O/c1-2-3-4-5-6-7-8-9-10-11-12-13-14-15-16;1-2-3-4-5-6-7-8-9-10-11/h4-7,15H,2-3,8-14H2,1H3;3-4,6-7,11H,2,5,8-10H2,1H3/b5-4-,7-6+;4-3-,7-6-. The number of hydrogen-bond acceptors (Lipinski definition) is 2. The molecule has 0 unspecified atom stereocenters. The van der Waals surface area contributed by atoms with Gasteiger partial charge in [-0.1, -0.05) is 88.1 Å². The summed E-state index contributed by atoms with van der Waals surface area (Å²) in [4.78, 5) is 10.1. The van der Waals surface area contributed by atoms with E-state index in [9.17, 15) is 4.79 Å². The second-order valence-corrected chi connectivity index (χ2v) is 6.61. The van der Waals surface area contributed by atoms with Gasteiger partial charge in [-0.05, 0) is 51.4 Å². The lowest BCUT2D eigenvalue weighted by molar-refractivity contribution is -0.107. The minimum absolute atomic E-state index is 0.301. The van der Waals surface area contributed by atoms with Crippen molar-refractivity contribution in [2.45, 2.75) is 97.3 Å². The average molecular weight is 377 g/mol. The molecule has 0 aromatic carbocycles. The summed E-state index contributed by atoms with van der Waals surface area (Å²) < 4.78 is 0. The van der Waals surface area contributed by atoms with E-state index in [-0.39, 0.29) is 0 Å². The molecule has 1 N–H and O–H groups in total. The van der Waals surface area contributed by atoms with Crippen LogP contribution in [0.3, 0.4) is 0 Å². The Balaban J connectivity index is 0. The number of aliphatic hydroxyl groups is 1. The summed E-state index contributed by atoms with van der Waals surface area (Å²) in [6, 6.07) is 0. The molecule has 0 rings (SSSR count). The molecule has 27 heavy (non-hydrogen) atoms. The van der Waals surface area contributed by atoms with Crippen molar-refractivity contribution in [3.8, 4) is 0 Å². The van der Waals surface area contributed by atoms with Crippen LogP contribution in [-0.2, 0) is 4.79 Å². The molecule has 2 nitrogen and oxygen atoms in total. The van der Waals surface area contributed by atoms with E-state index in [1.54, 1.807) is 0 Å². The average Bonchev–Trinajstić information content (AvgIpc) is 2.69. The van der Waals surface area contributed by atoms with Crippen molar-refractivity contribution in [1.82, 2.24) is 0 Å². The fraction of sp³-hybridized carbons (Fsp3) is 0.640. The summed E-state index contributed by atoms with van der Waals surface area (Å²) in [5.41, 5.74) is 0. The molecule has 0 aliphatic carbocycles. The van der Waals surface area contributed by atoms with E-state index < -0.39 is 0 Å². The first kappa shape index (κ1) is 27.8. The Morgan fingerprint density at radius 2 is 1.22 bits per heavy atom. The van der Waals surface area contributed by atoms with Crippen LogP contribution in [0.2, 0.25) is 0 Å². The zero-order valence-corrected chi connectivity index (χ0v) is 18.0. The van der Waals surface area contributed by atoms with Crippen LogP contribution in [0, 0.1) is 0 Å². The van der Waals surface area contributed by atoms with Gasteiger partial charge >= 0.3 is 0 Å². The number of unbranched alkanes of at least 4 members (excludes halogenated alkanes) is 8. The van der Waals surface area contributed by atoms with Crippen LogP contribution < -0.4 is 0 Å². The van der Waals surface area contributed by atoms with Gasteiger partial charge in [-0.3, -0.25) is 0 Å². The zero-order chi connectivity index (χ0) is 20.3. The van der Waals surface area contributed by atoms with E-state index in [0.717, 1.165) is 44.8 Å². The van der Waals surface area contributed by atoms with E-state index in [0.29, 0.717) is 6.61 Å². The van der Waals surface area contributed by atoms with Gasteiger partial charge in [0.15, 0.2) is 0 Å². The van der Waals surface area contributed by atoms with E-state index in [2.05, 4.69) is 62.5 Å². The molecule has 2 heteroatoms. The van der Waals surface area contributed by atoms with Gasteiger partial charge in [0.25, 0.3) is 0 Å². The number of aldehydes is 1. The first-order chi connectivity index (χ1) is 13.3. The molecule has 0 fully saturated rings. The predicted octanol–water partition coefficient (Wildman–Crippen LogP) is 7.50. The Bertz CT molecular complexity index is 378. The normalized spacial score (nSPS) is 11.7. The first-order valence-electron chi connectivity index (χ1n) is 11.0. The highest BCUT2D eigenvalue weighted by molar-refractivity contribution is 5.48. The van der Waals surface area contributed by atoms with Crippen LogP contribution in [0.5, 0.6) is 0 Å².